The van der Waals surface area contributed by atoms with E-state index in [9.17, 15) is 4.79 Å². The smallest absolute Gasteiger partial charge is 0.254 e. The molecule has 1 aromatic rings. The van der Waals surface area contributed by atoms with E-state index >= 15 is 0 Å². The predicted molar refractivity (Wildman–Crippen MR) is 77.0 cm³/mol. The van der Waals surface area contributed by atoms with Crippen molar-refractivity contribution < 1.29 is 4.79 Å². The number of hydrogen-bond acceptors (Lipinski definition) is 2. The monoisotopic (exact) mass is 347 g/mol. The first-order valence-corrected chi connectivity index (χ1v) is 7.53. The first-order chi connectivity index (χ1) is 7.70. The second-order valence-electron chi connectivity index (χ2n) is 3.91. The number of carbonyl (C=O) groups is 1. The zero-order valence-corrected chi connectivity index (χ0v) is 12.1. The van der Waals surface area contributed by atoms with Crippen LogP contribution in [0, 0.1) is 3.57 Å². The van der Waals surface area contributed by atoms with Gasteiger partial charge in [0.05, 0.1) is 5.56 Å². The van der Waals surface area contributed by atoms with E-state index in [1.165, 1.54) is 5.75 Å². The molecule has 0 radical (unpaired) electrons. The van der Waals surface area contributed by atoms with Crippen molar-refractivity contribution in [1.82, 2.24) is 4.90 Å². The number of rotatable bonds is 2. The lowest BCUT2D eigenvalue weighted by Crippen LogP contribution is -2.37. The summed E-state index contributed by atoms with van der Waals surface area (Å²) in [7, 11) is 1.92. The summed E-state index contributed by atoms with van der Waals surface area (Å²) in [5.74, 6) is 2.40. The first kappa shape index (κ1) is 12.2. The Morgan fingerprint density at radius 3 is 2.88 bits per heavy atom. The van der Waals surface area contributed by atoms with E-state index in [2.05, 4.69) is 22.6 Å². The number of thioether (sulfide) groups is 1. The molecule has 2 rings (SSSR count). The highest BCUT2D eigenvalue weighted by Gasteiger charge is 2.25. The molecule has 0 aromatic heterocycles. The molecule has 0 spiro atoms. The molecule has 0 bridgehead atoms. The topological polar surface area (TPSA) is 20.3 Å². The third-order valence-corrected chi connectivity index (χ3v) is 4.96. The van der Waals surface area contributed by atoms with Gasteiger partial charge in [-0.3, -0.25) is 4.79 Å². The highest BCUT2D eigenvalue weighted by molar-refractivity contribution is 14.1. The fourth-order valence-corrected chi connectivity index (χ4v) is 3.70. The van der Waals surface area contributed by atoms with Crippen LogP contribution in [-0.2, 0) is 0 Å². The van der Waals surface area contributed by atoms with E-state index in [4.69, 9.17) is 0 Å². The number of carbonyl (C=O) groups excluding carboxylic acids is 1. The van der Waals surface area contributed by atoms with Crippen molar-refractivity contribution in [1.29, 1.82) is 0 Å². The summed E-state index contributed by atoms with van der Waals surface area (Å²) in [6.07, 6.45) is 1.12. The van der Waals surface area contributed by atoms with Crippen LogP contribution in [0.25, 0.3) is 0 Å². The van der Waals surface area contributed by atoms with Gasteiger partial charge in [0, 0.05) is 22.4 Å². The van der Waals surface area contributed by atoms with Crippen LogP contribution in [-0.4, -0.2) is 35.4 Å². The van der Waals surface area contributed by atoms with Crippen molar-refractivity contribution in [3.63, 3.8) is 0 Å². The average molecular weight is 347 g/mol. The summed E-state index contributed by atoms with van der Waals surface area (Å²) in [6.45, 7) is 0. The van der Waals surface area contributed by atoms with Crippen LogP contribution in [0.4, 0.5) is 0 Å². The van der Waals surface area contributed by atoms with Crippen molar-refractivity contribution in [3.8, 4) is 0 Å². The molecule has 1 unspecified atom stereocenters. The highest BCUT2D eigenvalue weighted by Crippen LogP contribution is 2.23. The van der Waals surface area contributed by atoms with Crippen molar-refractivity contribution >= 4 is 40.3 Å². The molecule has 16 heavy (non-hydrogen) atoms. The van der Waals surface area contributed by atoms with Gasteiger partial charge in [0.1, 0.15) is 0 Å². The Labute approximate surface area is 114 Å². The number of amides is 1. The van der Waals surface area contributed by atoms with Crippen LogP contribution in [0.5, 0.6) is 0 Å². The van der Waals surface area contributed by atoms with Crippen LogP contribution in [0.3, 0.4) is 0 Å². The summed E-state index contributed by atoms with van der Waals surface area (Å²) >= 11 is 4.15. The Hall–Kier alpha value is -0.230. The molecule has 1 heterocycles. The Bertz CT molecular complexity index is 390. The molecular weight excluding hydrogens is 333 g/mol. The van der Waals surface area contributed by atoms with E-state index in [1.807, 2.05) is 48.0 Å². The van der Waals surface area contributed by atoms with E-state index in [0.29, 0.717) is 6.04 Å². The van der Waals surface area contributed by atoms with Gasteiger partial charge < -0.3 is 4.90 Å². The largest absolute Gasteiger partial charge is 0.338 e. The van der Waals surface area contributed by atoms with Crippen LogP contribution in [0.1, 0.15) is 16.8 Å². The summed E-state index contributed by atoms with van der Waals surface area (Å²) < 4.78 is 1.03. The highest BCUT2D eigenvalue weighted by atomic mass is 127. The van der Waals surface area contributed by atoms with Crippen LogP contribution in [0.2, 0.25) is 0 Å². The quantitative estimate of drug-likeness (QED) is 0.767. The molecule has 0 aliphatic carbocycles. The maximum Gasteiger partial charge on any atom is 0.254 e. The molecule has 0 saturated carbocycles. The normalized spacial score (nSPS) is 19.8. The summed E-state index contributed by atoms with van der Waals surface area (Å²) in [5.41, 5.74) is 0.822. The molecule has 0 N–H and O–H groups in total. The third kappa shape index (κ3) is 2.53. The Morgan fingerprint density at radius 1 is 1.50 bits per heavy atom. The van der Waals surface area contributed by atoms with Crippen molar-refractivity contribution in [2.45, 2.75) is 12.5 Å². The van der Waals surface area contributed by atoms with Gasteiger partial charge in [-0.1, -0.05) is 12.1 Å². The molecule has 1 saturated heterocycles. The SMILES string of the molecule is CN(C(=O)c1ccccc1I)C1CCSC1. The lowest BCUT2D eigenvalue weighted by Gasteiger charge is -2.24. The van der Waals surface area contributed by atoms with Crippen molar-refractivity contribution in [2.24, 2.45) is 0 Å². The Morgan fingerprint density at radius 2 is 2.25 bits per heavy atom. The minimum atomic E-state index is 0.150. The Balaban J connectivity index is 2.15. The standard InChI is InChI=1S/C12H14INOS/c1-14(9-6-7-16-8-9)12(15)10-4-2-3-5-11(10)13/h2-5,9H,6-8H2,1H3. The average Bonchev–Trinajstić information content (AvgIpc) is 2.81. The summed E-state index contributed by atoms with van der Waals surface area (Å²) in [6, 6.07) is 8.18. The third-order valence-electron chi connectivity index (χ3n) is 2.88. The maximum absolute atomic E-state index is 12.3. The number of hydrogen-bond donors (Lipinski definition) is 0. The molecule has 1 amide bonds. The summed E-state index contributed by atoms with van der Waals surface area (Å²) in [4.78, 5) is 14.2. The molecule has 1 aromatic carbocycles. The molecule has 1 fully saturated rings. The summed E-state index contributed by atoms with van der Waals surface area (Å²) in [5, 5.41) is 0. The number of halogens is 1. The fraction of sp³-hybridized carbons (Fsp3) is 0.417. The minimum Gasteiger partial charge on any atom is -0.338 e. The zero-order chi connectivity index (χ0) is 11.5. The minimum absolute atomic E-state index is 0.150. The van der Waals surface area contributed by atoms with E-state index in [0.717, 1.165) is 21.3 Å². The lowest BCUT2D eigenvalue weighted by molar-refractivity contribution is 0.0747. The first-order valence-electron chi connectivity index (χ1n) is 5.29. The van der Waals surface area contributed by atoms with Gasteiger partial charge in [-0.15, -0.1) is 0 Å². The van der Waals surface area contributed by atoms with Gasteiger partial charge in [0.15, 0.2) is 0 Å². The molecule has 1 atom stereocenters. The second kappa shape index (κ2) is 5.40. The molecule has 4 heteroatoms. The van der Waals surface area contributed by atoms with Crippen molar-refractivity contribution in [2.75, 3.05) is 18.6 Å². The molecule has 86 valence electrons. The van der Waals surface area contributed by atoms with Crippen molar-refractivity contribution in [3.05, 3.63) is 33.4 Å². The fourth-order valence-electron chi connectivity index (χ4n) is 1.82. The van der Waals surface area contributed by atoms with Crippen LogP contribution < -0.4 is 0 Å². The number of nitrogens with zero attached hydrogens (tertiary/aromatic N) is 1. The zero-order valence-electron chi connectivity index (χ0n) is 9.15. The van der Waals surface area contributed by atoms with E-state index in [-0.39, 0.29) is 5.91 Å². The molecule has 1 aliphatic heterocycles. The predicted octanol–water partition coefficient (Wildman–Crippen LogP) is 2.87. The Kier molecular flexibility index (Phi) is 4.13. The lowest BCUT2D eigenvalue weighted by atomic mass is 10.1. The molecular formula is C12H14INOS. The van der Waals surface area contributed by atoms with Gasteiger partial charge in [-0.2, -0.15) is 11.8 Å². The van der Waals surface area contributed by atoms with Crippen LogP contribution >= 0.6 is 34.4 Å². The second-order valence-corrected chi connectivity index (χ2v) is 6.23. The van der Waals surface area contributed by atoms with Gasteiger partial charge in [-0.25, -0.2) is 0 Å². The van der Waals surface area contributed by atoms with E-state index in [1.54, 1.807) is 0 Å². The molecule has 1 aliphatic rings. The molecule has 2 nitrogen and oxygen atoms in total. The van der Waals surface area contributed by atoms with Gasteiger partial charge in [0.2, 0.25) is 0 Å². The van der Waals surface area contributed by atoms with Gasteiger partial charge >= 0.3 is 0 Å². The van der Waals surface area contributed by atoms with Gasteiger partial charge in [0.25, 0.3) is 5.91 Å². The van der Waals surface area contributed by atoms with Crippen LogP contribution in [0.15, 0.2) is 24.3 Å². The number of benzene rings is 1. The maximum atomic E-state index is 12.3. The van der Waals surface area contributed by atoms with E-state index < -0.39 is 0 Å². The van der Waals surface area contributed by atoms with Gasteiger partial charge in [-0.05, 0) is 46.9 Å².